The average Bonchev–Trinajstić information content (AvgIpc) is 2.48. The van der Waals surface area contributed by atoms with E-state index in [-0.39, 0.29) is 0 Å². The van der Waals surface area contributed by atoms with E-state index >= 15 is 0 Å². The van der Waals surface area contributed by atoms with Gasteiger partial charge in [0.1, 0.15) is 29.5 Å². The third-order valence-electron chi connectivity index (χ3n) is 2.76. The molecule has 1 aromatic heterocycles. The van der Waals surface area contributed by atoms with Crippen LogP contribution in [0.15, 0.2) is 24.5 Å². The molecule has 112 valence electrons. The third-order valence-corrected chi connectivity index (χ3v) is 3.06. The second-order valence-electron chi connectivity index (χ2n) is 4.13. The number of nitrogens with one attached hydrogen (secondary N) is 2. The van der Waals surface area contributed by atoms with Gasteiger partial charge in [0.05, 0.1) is 24.9 Å². The molecule has 0 atom stereocenters. The Hall–Kier alpha value is -2.21. The SMILES string of the molecule is CCNc1cc(Nc2cc(Cl)c(OC)cc2OC)ncn1. The van der Waals surface area contributed by atoms with Gasteiger partial charge in [-0.2, -0.15) is 0 Å². The fourth-order valence-electron chi connectivity index (χ4n) is 1.80. The number of halogens is 1. The molecule has 0 aliphatic carbocycles. The molecule has 0 bridgehead atoms. The topological polar surface area (TPSA) is 68.3 Å². The number of methoxy groups -OCH3 is 2. The zero-order valence-electron chi connectivity index (χ0n) is 12.1. The Morgan fingerprint density at radius 3 is 2.43 bits per heavy atom. The summed E-state index contributed by atoms with van der Waals surface area (Å²) in [4.78, 5) is 8.29. The van der Waals surface area contributed by atoms with E-state index in [0.717, 1.165) is 12.4 Å². The van der Waals surface area contributed by atoms with E-state index in [1.165, 1.54) is 6.33 Å². The number of nitrogens with zero attached hydrogens (tertiary/aromatic N) is 2. The Balaban J connectivity index is 2.30. The number of rotatable bonds is 6. The summed E-state index contributed by atoms with van der Waals surface area (Å²) in [5, 5.41) is 6.77. The highest BCUT2D eigenvalue weighted by Gasteiger charge is 2.11. The standard InChI is InChI=1S/C14H17ClN4O2/c1-4-16-13-7-14(18-8-17-13)19-10-5-9(15)11(20-2)6-12(10)21-3/h5-8H,4H2,1-3H3,(H2,16,17,18,19). The van der Waals surface area contributed by atoms with E-state index in [9.17, 15) is 0 Å². The highest BCUT2D eigenvalue weighted by atomic mass is 35.5. The van der Waals surface area contributed by atoms with Crippen molar-refractivity contribution in [3.05, 3.63) is 29.5 Å². The zero-order valence-corrected chi connectivity index (χ0v) is 12.9. The molecule has 6 nitrogen and oxygen atoms in total. The predicted octanol–water partition coefficient (Wildman–Crippen LogP) is 3.32. The number of hydrogen-bond acceptors (Lipinski definition) is 6. The van der Waals surface area contributed by atoms with Crippen molar-refractivity contribution in [2.75, 3.05) is 31.4 Å². The van der Waals surface area contributed by atoms with Crippen LogP contribution in [0.4, 0.5) is 17.3 Å². The molecule has 0 saturated carbocycles. The van der Waals surface area contributed by atoms with E-state index in [4.69, 9.17) is 21.1 Å². The van der Waals surface area contributed by atoms with Gasteiger partial charge in [-0.1, -0.05) is 11.6 Å². The number of ether oxygens (including phenoxy) is 2. The van der Waals surface area contributed by atoms with Crippen LogP contribution in [0.3, 0.4) is 0 Å². The summed E-state index contributed by atoms with van der Waals surface area (Å²) in [6, 6.07) is 5.26. The van der Waals surface area contributed by atoms with E-state index in [2.05, 4.69) is 20.6 Å². The molecule has 0 amide bonds. The summed E-state index contributed by atoms with van der Waals surface area (Å²) in [6.07, 6.45) is 1.48. The Morgan fingerprint density at radius 1 is 1.05 bits per heavy atom. The van der Waals surface area contributed by atoms with E-state index in [1.54, 1.807) is 32.4 Å². The van der Waals surface area contributed by atoms with Gasteiger partial charge >= 0.3 is 0 Å². The van der Waals surface area contributed by atoms with Crippen LogP contribution < -0.4 is 20.1 Å². The van der Waals surface area contributed by atoms with Crippen LogP contribution in [0.2, 0.25) is 5.02 Å². The Labute approximate surface area is 128 Å². The highest BCUT2D eigenvalue weighted by molar-refractivity contribution is 6.32. The Kier molecular flexibility index (Phi) is 5.05. The van der Waals surface area contributed by atoms with Crippen LogP contribution in [-0.4, -0.2) is 30.7 Å². The summed E-state index contributed by atoms with van der Waals surface area (Å²) in [7, 11) is 3.14. The molecule has 0 fully saturated rings. The Morgan fingerprint density at radius 2 is 1.76 bits per heavy atom. The number of benzene rings is 1. The van der Waals surface area contributed by atoms with Crippen LogP contribution in [0, 0.1) is 0 Å². The van der Waals surface area contributed by atoms with Gasteiger partial charge in [-0.25, -0.2) is 9.97 Å². The van der Waals surface area contributed by atoms with Gasteiger partial charge in [-0.05, 0) is 13.0 Å². The summed E-state index contributed by atoms with van der Waals surface area (Å²) < 4.78 is 10.5. The van der Waals surface area contributed by atoms with Crippen LogP contribution in [0.1, 0.15) is 6.92 Å². The molecule has 0 aliphatic rings. The molecule has 2 rings (SSSR count). The third kappa shape index (κ3) is 3.66. The highest BCUT2D eigenvalue weighted by Crippen LogP contribution is 2.37. The normalized spacial score (nSPS) is 10.1. The van der Waals surface area contributed by atoms with Gasteiger partial charge < -0.3 is 20.1 Å². The first-order valence-electron chi connectivity index (χ1n) is 6.42. The lowest BCUT2D eigenvalue weighted by Gasteiger charge is -2.13. The lowest BCUT2D eigenvalue weighted by Crippen LogP contribution is -2.02. The summed E-state index contributed by atoms with van der Waals surface area (Å²) in [6.45, 7) is 2.79. The van der Waals surface area contributed by atoms with Crippen LogP contribution in [0.25, 0.3) is 0 Å². The molecule has 0 unspecified atom stereocenters. The molecular weight excluding hydrogens is 292 g/mol. The molecule has 21 heavy (non-hydrogen) atoms. The van der Waals surface area contributed by atoms with Gasteiger partial charge in [-0.15, -0.1) is 0 Å². The second-order valence-corrected chi connectivity index (χ2v) is 4.54. The largest absolute Gasteiger partial charge is 0.495 e. The molecular formula is C14H17ClN4O2. The first-order chi connectivity index (χ1) is 10.2. The fourth-order valence-corrected chi connectivity index (χ4v) is 2.04. The Bertz CT molecular complexity index is 622. The van der Waals surface area contributed by atoms with Gasteiger partial charge in [0.2, 0.25) is 0 Å². The molecule has 7 heteroatoms. The van der Waals surface area contributed by atoms with E-state index in [0.29, 0.717) is 28.0 Å². The minimum absolute atomic E-state index is 0.488. The first-order valence-corrected chi connectivity index (χ1v) is 6.80. The minimum Gasteiger partial charge on any atom is -0.495 e. The smallest absolute Gasteiger partial charge is 0.146 e. The second kappa shape index (κ2) is 6.99. The van der Waals surface area contributed by atoms with E-state index in [1.807, 2.05) is 6.92 Å². The molecule has 1 heterocycles. The zero-order chi connectivity index (χ0) is 15.2. The molecule has 0 radical (unpaired) electrons. The van der Waals surface area contributed by atoms with Crippen molar-refractivity contribution in [1.82, 2.24) is 9.97 Å². The summed E-state index contributed by atoms with van der Waals surface area (Å²) in [5.41, 5.74) is 0.699. The number of anilines is 3. The van der Waals surface area contributed by atoms with Crippen molar-refractivity contribution < 1.29 is 9.47 Å². The maximum Gasteiger partial charge on any atom is 0.146 e. The van der Waals surface area contributed by atoms with Gasteiger partial charge in [0.15, 0.2) is 0 Å². The van der Waals surface area contributed by atoms with E-state index < -0.39 is 0 Å². The van der Waals surface area contributed by atoms with Crippen molar-refractivity contribution in [3.8, 4) is 11.5 Å². The average molecular weight is 309 g/mol. The summed E-state index contributed by atoms with van der Waals surface area (Å²) in [5.74, 6) is 2.55. The number of aromatic nitrogens is 2. The molecule has 2 aromatic rings. The van der Waals surface area contributed by atoms with Gasteiger partial charge in [-0.3, -0.25) is 0 Å². The van der Waals surface area contributed by atoms with Crippen molar-refractivity contribution in [2.24, 2.45) is 0 Å². The lowest BCUT2D eigenvalue weighted by molar-refractivity contribution is 0.396. The maximum absolute atomic E-state index is 6.14. The van der Waals surface area contributed by atoms with Crippen molar-refractivity contribution in [2.45, 2.75) is 6.92 Å². The molecule has 0 saturated heterocycles. The van der Waals surface area contributed by atoms with Gasteiger partial charge in [0.25, 0.3) is 0 Å². The van der Waals surface area contributed by atoms with Crippen molar-refractivity contribution in [3.63, 3.8) is 0 Å². The molecule has 2 N–H and O–H groups in total. The molecule has 0 spiro atoms. The van der Waals surface area contributed by atoms with Crippen molar-refractivity contribution in [1.29, 1.82) is 0 Å². The van der Waals surface area contributed by atoms with Gasteiger partial charge in [0, 0.05) is 18.7 Å². The van der Waals surface area contributed by atoms with Crippen LogP contribution in [0.5, 0.6) is 11.5 Å². The quantitative estimate of drug-likeness (QED) is 0.853. The van der Waals surface area contributed by atoms with Crippen LogP contribution in [-0.2, 0) is 0 Å². The summed E-state index contributed by atoms with van der Waals surface area (Å²) >= 11 is 6.14. The predicted molar refractivity (Wildman–Crippen MR) is 84.0 cm³/mol. The number of hydrogen-bond donors (Lipinski definition) is 2. The minimum atomic E-state index is 0.488. The molecule has 0 aliphatic heterocycles. The van der Waals surface area contributed by atoms with Crippen LogP contribution >= 0.6 is 11.6 Å². The monoisotopic (exact) mass is 308 g/mol. The fraction of sp³-hybridized carbons (Fsp3) is 0.286. The van der Waals surface area contributed by atoms with Crippen molar-refractivity contribution >= 4 is 28.9 Å². The maximum atomic E-state index is 6.14. The lowest BCUT2D eigenvalue weighted by atomic mass is 10.2. The molecule has 1 aromatic carbocycles. The first kappa shape index (κ1) is 15.2.